The Bertz CT molecular complexity index is 403. The van der Waals surface area contributed by atoms with Crippen LogP contribution in [0.4, 0.5) is 0 Å². The van der Waals surface area contributed by atoms with Crippen molar-refractivity contribution in [2.75, 3.05) is 32.8 Å². The number of hydrogen-bond acceptors (Lipinski definition) is 3. The van der Waals surface area contributed by atoms with Crippen LogP contribution in [0.25, 0.3) is 0 Å². The largest absolute Gasteiger partial charge is 0.381 e. The van der Waals surface area contributed by atoms with E-state index in [4.69, 9.17) is 4.74 Å². The van der Waals surface area contributed by atoms with Gasteiger partial charge >= 0.3 is 0 Å². The first kappa shape index (κ1) is 14.1. The lowest BCUT2D eigenvalue weighted by Gasteiger charge is -2.41. The molecule has 0 aromatic heterocycles. The van der Waals surface area contributed by atoms with Crippen molar-refractivity contribution in [1.82, 2.24) is 10.2 Å². The van der Waals surface area contributed by atoms with Crippen LogP contribution in [0.5, 0.6) is 0 Å². The van der Waals surface area contributed by atoms with Gasteiger partial charge in [0.15, 0.2) is 0 Å². The van der Waals surface area contributed by atoms with E-state index >= 15 is 0 Å². The lowest BCUT2D eigenvalue weighted by Crippen LogP contribution is -2.51. The summed E-state index contributed by atoms with van der Waals surface area (Å²) in [5.41, 5.74) is 1.41. The zero-order valence-corrected chi connectivity index (χ0v) is 12.4. The molecule has 0 saturated carbocycles. The number of nitrogens with zero attached hydrogens (tertiary/aromatic N) is 1. The Balaban J connectivity index is 1.62. The Labute approximate surface area is 122 Å². The third-order valence-electron chi connectivity index (χ3n) is 4.93. The molecule has 3 rings (SSSR count). The summed E-state index contributed by atoms with van der Waals surface area (Å²) in [6, 6.07) is 12.0. The van der Waals surface area contributed by atoms with Gasteiger partial charge in [-0.15, -0.1) is 0 Å². The predicted octanol–water partition coefficient (Wildman–Crippen LogP) is 2.45. The highest BCUT2D eigenvalue weighted by Gasteiger charge is 2.29. The molecule has 0 aliphatic carbocycles. The minimum atomic E-state index is 0.479. The first-order valence-corrected chi connectivity index (χ1v) is 7.95. The summed E-state index contributed by atoms with van der Waals surface area (Å²) in [4.78, 5) is 2.67. The second-order valence-corrected chi connectivity index (χ2v) is 6.10. The normalized spacial score (nSPS) is 27.4. The Morgan fingerprint density at radius 2 is 1.95 bits per heavy atom. The van der Waals surface area contributed by atoms with E-state index in [0.29, 0.717) is 12.1 Å². The third kappa shape index (κ3) is 3.22. The van der Waals surface area contributed by atoms with Crippen molar-refractivity contribution in [3.05, 3.63) is 35.9 Å². The first-order chi connectivity index (χ1) is 9.84. The maximum absolute atomic E-state index is 5.50. The maximum Gasteiger partial charge on any atom is 0.0469 e. The fraction of sp³-hybridized carbons (Fsp3) is 0.647. The van der Waals surface area contributed by atoms with Gasteiger partial charge < -0.3 is 10.1 Å². The van der Waals surface area contributed by atoms with Crippen molar-refractivity contribution < 1.29 is 4.74 Å². The molecule has 3 heteroatoms. The summed E-state index contributed by atoms with van der Waals surface area (Å²) in [7, 11) is 0. The molecule has 2 aliphatic heterocycles. The molecule has 1 aromatic rings. The second-order valence-electron chi connectivity index (χ2n) is 6.10. The average molecular weight is 274 g/mol. The second kappa shape index (κ2) is 6.70. The van der Waals surface area contributed by atoms with Gasteiger partial charge in [0.05, 0.1) is 0 Å². The molecule has 2 unspecified atom stereocenters. The molecule has 0 amide bonds. The van der Waals surface area contributed by atoms with Crippen LogP contribution >= 0.6 is 0 Å². The van der Waals surface area contributed by atoms with Crippen molar-refractivity contribution in [1.29, 1.82) is 0 Å². The van der Waals surface area contributed by atoms with Crippen molar-refractivity contribution in [3.63, 3.8) is 0 Å². The summed E-state index contributed by atoms with van der Waals surface area (Å²) in [5, 5.41) is 3.66. The zero-order chi connectivity index (χ0) is 13.8. The molecule has 2 atom stereocenters. The lowest BCUT2D eigenvalue weighted by atomic mass is 9.90. The minimum Gasteiger partial charge on any atom is -0.381 e. The Morgan fingerprint density at radius 1 is 1.20 bits per heavy atom. The van der Waals surface area contributed by atoms with Crippen LogP contribution in [0, 0.1) is 5.92 Å². The van der Waals surface area contributed by atoms with E-state index in [1.807, 2.05) is 0 Å². The number of hydrogen-bond donors (Lipinski definition) is 1. The van der Waals surface area contributed by atoms with E-state index in [0.717, 1.165) is 32.2 Å². The van der Waals surface area contributed by atoms with Gasteiger partial charge in [0.1, 0.15) is 0 Å². The van der Waals surface area contributed by atoms with Crippen LogP contribution in [0.1, 0.15) is 31.4 Å². The van der Waals surface area contributed by atoms with Gasteiger partial charge in [0.25, 0.3) is 0 Å². The molecular formula is C17H26N2O. The SMILES string of the molecule is CC(C1CCOCC1)N1CCNC(c2ccccc2)C1. The van der Waals surface area contributed by atoms with Gasteiger partial charge in [-0.05, 0) is 31.2 Å². The highest BCUT2D eigenvalue weighted by molar-refractivity contribution is 5.19. The number of nitrogens with one attached hydrogen (secondary N) is 1. The molecule has 0 bridgehead atoms. The van der Waals surface area contributed by atoms with Crippen LogP contribution in [0.2, 0.25) is 0 Å². The van der Waals surface area contributed by atoms with Gasteiger partial charge in [-0.2, -0.15) is 0 Å². The topological polar surface area (TPSA) is 24.5 Å². The van der Waals surface area contributed by atoms with Gasteiger partial charge in [-0.1, -0.05) is 30.3 Å². The number of rotatable bonds is 3. The van der Waals surface area contributed by atoms with Crippen LogP contribution in [-0.2, 0) is 4.74 Å². The highest BCUT2D eigenvalue weighted by Crippen LogP contribution is 2.26. The van der Waals surface area contributed by atoms with Gasteiger partial charge in [-0.25, -0.2) is 0 Å². The van der Waals surface area contributed by atoms with Crippen molar-refractivity contribution in [3.8, 4) is 0 Å². The monoisotopic (exact) mass is 274 g/mol. The summed E-state index contributed by atoms with van der Waals surface area (Å²) in [5.74, 6) is 0.804. The van der Waals surface area contributed by atoms with Crippen LogP contribution in [0.3, 0.4) is 0 Å². The zero-order valence-electron chi connectivity index (χ0n) is 12.4. The summed E-state index contributed by atoms with van der Waals surface area (Å²) >= 11 is 0. The predicted molar refractivity (Wildman–Crippen MR) is 81.8 cm³/mol. The fourth-order valence-corrected chi connectivity index (χ4v) is 3.55. The molecule has 3 nitrogen and oxygen atoms in total. The minimum absolute atomic E-state index is 0.479. The highest BCUT2D eigenvalue weighted by atomic mass is 16.5. The van der Waals surface area contributed by atoms with E-state index in [9.17, 15) is 0 Å². The number of ether oxygens (including phenoxy) is 1. The molecule has 2 fully saturated rings. The molecule has 2 heterocycles. The van der Waals surface area contributed by atoms with Crippen LogP contribution < -0.4 is 5.32 Å². The Morgan fingerprint density at radius 3 is 2.70 bits per heavy atom. The molecule has 2 saturated heterocycles. The first-order valence-electron chi connectivity index (χ1n) is 7.95. The number of benzene rings is 1. The van der Waals surface area contributed by atoms with Crippen molar-refractivity contribution in [2.45, 2.75) is 31.8 Å². The molecular weight excluding hydrogens is 248 g/mol. The Hall–Kier alpha value is -0.900. The summed E-state index contributed by atoms with van der Waals surface area (Å²) in [6.07, 6.45) is 2.45. The van der Waals surface area contributed by atoms with E-state index < -0.39 is 0 Å². The maximum atomic E-state index is 5.50. The lowest BCUT2D eigenvalue weighted by molar-refractivity contribution is 0.0225. The molecule has 1 N–H and O–H groups in total. The molecule has 0 spiro atoms. The molecule has 0 radical (unpaired) electrons. The molecule has 110 valence electrons. The smallest absolute Gasteiger partial charge is 0.0469 e. The van der Waals surface area contributed by atoms with Crippen molar-refractivity contribution in [2.24, 2.45) is 5.92 Å². The fourth-order valence-electron chi connectivity index (χ4n) is 3.55. The average Bonchev–Trinajstić information content (AvgIpc) is 2.56. The van der Waals surface area contributed by atoms with Crippen molar-refractivity contribution >= 4 is 0 Å². The van der Waals surface area contributed by atoms with Gasteiger partial charge in [0, 0.05) is 44.9 Å². The standard InChI is InChI=1S/C17H26N2O/c1-14(15-7-11-20-12-8-15)19-10-9-18-17(13-19)16-5-3-2-4-6-16/h2-6,14-15,17-18H,7-13H2,1H3. The summed E-state index contributed by atoms with van der Waals surface area (Å²) in [6.45, 7) is 7.69. The van der Waals surface area contributed by atoms with E-state index in [1.54, 1.807) is 0 Å². The van der Waals surface area contributed by atoms with E-state index in [2.05, 4.69) is 47.5 Å². The molecule has 20 heavy (non-hydrogen) atoms. The van der Waals surface area contributed by atoms with E-state index in [-0.39, 0.29) is 0 Å². The van der Waals surface area contributed by atoms with Gasteiger partial charge in [0.2, 0.25) is 0 Å². The molecule has 2 aliphatic rings. The quantitative estimate of drug-likeness (QED) is 0.916. The van der Waals surface area contributed by atoms with Crippen LogP contribution in [-0.4, -0.2) is 43.8 Å². The van der Waals surface area contributed by atoms with Crippen LogP contribution in [0.15, 0.2) is 30.3 Å². The third-order valence-corrected chi connectivity index (χ3v) is 4.93. The summed E-state index contributed by atoms with van der Waals surface area (Å²) < 4.78 is 5.50. The van der Waals surface area contributed by atoms with E-state index in [1.165, 1.54) is 24.9 Å². The molecule has 1 aromatic carbocycles. The Kier molecular flexibility index (Phi) is 4.71. The van der Waals surface area contributed by atoms with Gasteiger partial charge in [-0.3, -0.25) is 4.90 Å². The number of piperazine rings is 1.